The summed E-state index contributed by atoms with van der Waals surface area (Å²) in [6.45, 7) is 4.27. The number of hydrogen-bond acceptors (Lipinski definition) is 2. The summed E-state index contributed by atoms with van der Waals surface area (Å²) in [6.07, 6.45) is 5.55. The van der Waals surface area contributed by atoms with Gasteiger partial charge in [-0.3, -0.25) is 4.79 Å². The Labute approximate surface area is 91.8 Å². The summed E-state index contributed by atoms with van der Waals surface area (Å²) >= 11 is 0. The fourth-order valence-electron chi connectivity index (χ4n) is 2.60. The van der Waals surface area contributed by atoms with Crippen molar-refractivity contribution >= 4 is 5.91 Å². The number of amides is 1. The average molecular weight is 210 g/mol. The van der Waals surface area contributed by atoms with E-state index in [0.717, 1.165) is 25.7 Å². The highest BCUT2D eigenvalue weighted by Gasteiger charge is 2.42. The Balaban J connectivity index is 1.97. The molecule has 0 saturated heterocycles. The second-order valence-electron chi connectivity index (χ2n) is 5.65. The molecule has 0 aromatic rings. The average Bonchev–Trinajstić information content (AvgIpc) is 2.82. The van der Waals surface area contributed by atoms with Gasteiger partial charge in [0.05, 0.1) is 5.92 Å². The third-order valence-corrected chi connectivity index (χ3v) is 4.00. The second kappa shape index (κ2) is 3.78. The van der Waals surface area contributed by atoms with E-state index in [0.29, 0.717) is 5.92 Å². The first kappa shape index (κ1) is 10.9. The SMILES string of the molecule is CC1CCCC(N)C1C(=O)NC1(C)CC1. The van der Waals surface area contributed by atoms with Gasteiger partial charge in [0.1, 0.15) is 0 Å². The van der Waals surface area contributed by atoms with Crippen molar-refractivity contribution in [3.8, 4) is 0 Å². The van der Waals surface area contributed by atoms with Crippen LogP contribution < -0.4 is 11.1 Å². The lowest BCUT2D eigenvalue weighted by Crippen LogP contribution is -2.49. The van der Waals surface area contributed by atoms with Crippen LogP contribution in [0.3, 0.4) is 0 Å². The first-order chi connectivity index (χ1) is 7.02. The number of rotatable bonds is 2. The minimum Gasteiger partial charge on any atom is -0.351 e. The van der Waals surface area contributed by atoms with E-state index in [-0.39, 0.29) is 23.4 Å². The van der Waals surface area contributed by atoms with Crippen molar-refractivity contribution in [1.82, 2.24) is 5.32 Å². The van der Waals surface area contributed by atoms with Crippen molar-refractivity contribution in [1.29, 1.82) is 0 Å². The molecule has 0 bridgehead atoms. The molecule has 0 heterocycles. The zero-order chi connectivity index (χ0) is 11.1. The summed E-state index contributed by atoms with van der Waals surface area (Å²) in [7, 11) is 0. The molecule has 0 aromatic heterocycles. The van der Waals surface area contributed by atoms with Gasteiger partial charge in [0, 0.05) is 11.6 Å². The zero-order valence-corrected chi connectivity index (χ0v) is 9.75. The molecule has 2 saturated carbocycles. The van der Waals surface area contributed by atoms with Gasteiger partial charge in [-0.15, -0.1) is 0 Å². The van der Waals surface area contributed by atoms with Gasteiger partial charge in [-0.1, -0.05) is 13.3 Å². The molecular weight excluding hydrogens is 188 g/mol. The van der Waals surface area contributed by atoms with E-state index in [1.54, 1.807) is 0 Å². The number of nitrogens with one attached hydrogen (secondary N) is 1. The molecule has 3 unspecified atom stereocenters. The lowest BCUT2D eigenvalue weighted by atomic mass is 9.76. The van der Waals surface area contributed by atoms with Gasteiger partial charge in [0.2, 0.25) is 5.91 Å². The molecule has 0 radical (unpaired) electrons. The van der Waals surface area contributed by atoms with Gasteiger partial charge in [0.15, 0.2) is 0 Å². The summed E-state index contributed by atoms with van der Waals surface area (Å²) in [4.78, 5) is 12.1. The fourth-order valence-corrected chi connectivity index (χ4v) is 2.60. The third-order valence-electron chi connectivity index (χ3n) is 4.00. The molecule has 3 atom stereocenters. The van der Waals surface area contributed by atoms with Crippen molar-refractivity contribution in [2.45, 2.75) is 57.5 Å². The van der Waals surface area contributed by atoms with Gasteiger partial charge in [-0.25, -0.2) is 0 Å². The predicted molar refractivity (Wildman–Crippen MR) is 60.3 cm³/mol. The van der Waals surface area contributed by atoms with Crippen molar-refractivity contribution < 1.29 is 4.79 Å². The third kappa shape index (κ3) is 2.33. The van der Waals surface area contributed by atoms with Crippen LogP contribution >= 0.6 is 0 Å². The number of hydrogen-bond donors (Lipinski definition) is 2. The van der Waals surface area contributed by atoms with Crippen molar-refractivity contribution in [2.75, 3.05) is 0 Å². The first-order valence-corrected chi connectivity index (χ1v) is 6.09. The Morgan fingerprint density at radius 1 is 1.40 bits per heavy atom. The van der Waals surface area contributed by atoms with E-state index in [1.807, 2.05) is 0 Å². The molecule has 2 rings (SSSR count). The highest BCUT2D eigenvalue weighted by atomic mass is 16.2. The summed E-state index contributed by atoms with van der Waals surface area (Å²) < 4.78 is 0. The molecule has 0 aromatic carbocycles. The largest absolute Gasteiger partial charge is 0.351 e. The maximum absolute atomic E-state index is 12.1. The van der Waals surface area contributed by atoms with Gasteiger partial charge >= 0.3 is 0 Å². The number of carbonyl (C=O) groups is 1. The van der Waals surface area contributed by atoms with E-state index in [9.17, 15) is 4.79 Å². The molecule has 3 heteroatoms. The molecule has 86 valence electrons. The molecule has 3 N–H and O–H groups in total. The van der Waals surface area contributed by atoms with E-state index in [4.69, 9.17) is 5.73 Å². The fraction of sp³-hybridized carbons (Fsp3) is 0.917. The van der Waals surface area contributed by atoms with Crippen LogP contribution in [0.1, 0.15) is 46.0 Å². The molecule has 1 amide bonds. The summed E-state index contributed by atoms with van der Waals surface area (Å²) in [5, 5.41) is 3.14. The smallest absolute Gasteiger partial charge is 0.225 e. The highest BCUT2D eigenvalue weighted by Crippen LogP contribution is 2.36. The molecule has 0 spiro atoms. The maximum atomic E-state index is 12.1. The number of carbonyl (C=O) groups excluding carboxylic acids is 1. The van der Waals surface area contributed by atoms with Crippen LogP contribution in [0.4, 0.5) is 0 Å². The van der Waals surface area contributed by atoms with Gasteiger partial charge in [-0.2, -0.15) is 0 Å². The van der Waals surface area contributed by atoms with Crippen LogP contribution in [-0.2, 0) is 4.79 Å². The van der Waals surface area contributed by atoms with E-state index >= 15 is 0 Å². The van der Waals surface area contributed by atoms with E-state index in [2.05, 4.69) is 19.2 Å². The molecule has 2 fully saturated rings. The molecule has 2 aliphatic carbocycles. The van der Waals surface area contributed by atoms with Crippen molar-refractivity contribution in [2.24, 2.45) is 17.6 Å². The first-order valence-electron chi connectivity index (χ1n) is 6.09. The Bertz CT molecular complexity index is 250. The minimum atomic E-state index is 0.0381. The second-order valence-corrected chi connectivity index (χ2v) is 5.65. The minimum absolute atomic E-state index is 0.0381. The zero-order valence-electron chi connectivity index (χ0n) is 9.75. The number of nitrogens with two attached hydrogens (primary N) is 1. The summed E-state index contributed by atoms with van der Waals surface area (Å²) in [5.41, 5.74) is 6.14. The standard InChI is InChI=1S/C12H22N2O/c1-8-4-3-5-9(13)10(8)11(15)14-12(2)6-7-12/h8-10H,3-7,13H2,1-2H3,(H,14,15). The highest BCUT2D eigenvalue weighted by molar-refractivity contribution is 5.81. The van der Waals surface area contributed by atoms with Gasteiger partial charge in [0.25, 0.3) is 0 Å². The van der Waals surface area contributed by atoms with Crippen LogP contribution in [0.5, 0.6) is 0 Å². The maximum Gasteiger partial charge on any atom is 0.225 e. The van der Waals surface area contributed by atoms with Crippen LogP contribution in [-0.4, -0.2) is 17.5 Å². The Hall–Kier alpha value is -0.570. The van der Waals surface area contributed by atoms with Crippen LogP contribution in [0.25, 0.3) is 0 Å². The topological polar surface area (TPSA) is 55.1 Å². The molecular formula is C12H22N2O. The van der Waals surface area contributed by atoms with Gasteiger partial charge in [-0.05, 0) is 38.5 Å². The van der Waals surface area contributed by atoms with Crippen LogP contribution in [0.2, 0.25) is 0 Å². The summed E-state index contributed by atoms with van der Waals surface area (Å²) in [6, 6.07) is 0.0658. The normalized spacial score (nSPS) is 38.5. The monoisotopic (exact) mass is 210 g/mol. The predicted octanol–water partition coefficient (Wildman–Crippen LogP) is 1.42. The Kier molecular flexibility index (Phi) is 2.75. The Morgan fingerprint density at radius 2 is 2.07 bits per heavy atom. The lowest BCUT2D eigenvalue weighted by Gasteiger charge is -2.34. The quantitative estimate of drug-likeness (QED) is 0.724. The molecule has 15 heavy (non-hydrogen) atoms. The van der Waals surface area contributed by atoms with Crippen LogP contribution in [0, 0.1) is 11.8 Å². The Morgan fingerprint density at radius 3 is 2.60 bits per heavy atom. The van der Waals surface area contributed by atoms with E-state index < -0.39 is 0 Å². The van der Waals surface area contributed by atoms with Crippen molar-refractivity contribution in [3.63, 3.8) is 0 Å². The molecule has 0 aliphatic heterocycles. The summed E-state index contributed by atoms with van der Waals surface area (Å²) in [5.74, 6) is 0.668. The lowest BCUT2D eigenvalue weighted by molar-refractivity contribution is -0.129. The van der Waals surface area contributed by atoms with E-state index in [1.165, 1.54) is 6.42 Å². The van der Waals surface area contributed by atoms with Crippen LogP contribution in [0.15, 0.2) is 0 Å². The molecule has 3 nitrogen and oxygen atoms in total. The van der Waals surface area contributed by atoms with Crippen molar-refractivity contribution in [3.05, 3.63) is 0 Å². The van der Waals surface area contributed by atoms with Gasteiger partial charge < -0.3 is 11.1 Å². The molecule has 2 aliphatic rings.